The van der Waals surface area contributed by atoms with Crippen LogP contribution in [0.3, 0.4) is 0 Å². The number of ether oxygens (including phenoxy) is 1. The van der Waals surface area contributed by atoms with Crippen LogP contribution < -0.4 is 15.1 Å². The molecule has 1 aromatic heterocycles. The number of carbonyl (C=O) groups excluding carboxylic acids is 1. The summed E-state index contributed by atoms with van der Waals surface area (Å²) in [4.78, 5) is 24.2. The van der Waals surface area contributed by atoms with Crippen LogP contribution in [0.1, 0.15) is 32.6 Å². The highest BCUT2D eigenvalue weighted by Gasteiger charge is 2.39. The first-order valence-corrected chi connectivity index (χ1v) is 14.2. The van der Waals surface area contributed by atoms with E-state index in [0.717, 1.165) is 43.1 Å². The molecule has 0 radical (unpaired) electrons. The van der Waals surface area contributed by atoms with Gasteiger partial charge < -0.3 is 24.8 Å². The van der Waals surface area contributed by atoms with E-state index in [2.05, 4.69) is 15.1 Å². The van der Waals surface area contributed by atoms with Crippen molar-refractivity contribution in [2.75, 3.05) is 55.5 Å². The first-order valence-electron chi connectivity index (χ1n) is 12.7. The maximum atomic E-state index is 13.1. The van der Waals surface area contributed by atoms with Gasteiger partial charge in [0.05, 0.1) is 15.8 Å². The minimum Gasteiger partial charge on any atom is -0.381 e. The number of pyridine rings is 1. The Bertz CT molecular complexity index is 1210. The second-order valence-corrected chi connectivity index (χ2v) is 12.3. The van der Waals surface area contributed by atoms with Gasteiger partial charge >= 0.3 is 0 Å². The molecule has 1 amide bonds. The van der Waals surface area contributed by atoms with Gasteiger partial charge in [0.2, 0.25) is 5.91 Å². The van der Waals surface area contributed by atoms with E-state index < -0.39 is 9.84 Å². The van der Waals surface area contributed by atoms with Gasteiger partial charge in [-0.25, -0.2) is 13.4 Å². The molecule has 2 aromatic rings. The highest BCUT2D eigenvalue weighted by Crippen LogP contribution is 2.38. The van der Waals surface area contributed by atoms with Gasteiger partial charge in [-0.05, 0) is 89.1 Å². The summed E-state index contributed by atoms with van der Waals surface area (Å²) >= 11 is 0. The Kier molecular flexibility index (Phi) is 6.93. The van der Waals surface area contributed by atoms with Gasteiger partial charge in [0, 0.05) is 32.0 Å². The van der Waals surface area contributed by atoms with E-state index in [9.17, 15) is 13.2 Å². The van der Waals surface area contributed by atoms with Crippen molar-refractivity contribution in [3.63, 3.8) is 0 Å². The number of sulfone groups is 1. The molecule has 9 nitrogen and oxygen atoms in total. The Morgan fingerprint density at radius 1 is 0.972 bits per heavy atom. The monoisotopic (exact) mass is 513 g/mol. The molecule has 10 heteroatoms. The van der Waals surface area contributed by atoms with Gasteiger partial charge in [0.15, 0.2) is 15.7 Å². The van der Waals surface area contributed by atoms with Crippen LogP contribution in [0.25, 0.3) is 0 Å². The largest absolute Gasteiger partial charge is 0.381 e. The molecule has 2 saturated heterocycles. The van der Waals surface area contributed by atoms with E-state index in [4.69, 9.17) is 9.72 Å². The van der Waals surface area contributed by atoms with E-state index in [1.165, 1.54) is 0 Å². The number of rotatable bonds is 5. The lowest BCUT2D eigenvalue weighted by molar-refractivity contribution is -0.119. The van der Waals surface area contributed by atoms with Gasteiger partial charge in [0.1, 0.15) is 11.9 Å². The summed E-state index contributed by atoms with van der Waals surface area (Å²) in [5, 5.41) is 2.99. The molecule has 0 bridgehead atoms. The fraction of sp³-hybridized carbons (Fsp3) is 0.538. The normalized spacial score (nSPS) is 22.5. The molecule has 0 spiro atoms. The van der Waals surface area contributed by atoms with E-state index in [1.54, 1.807) is 36.2 Å². The average Bonchev–Trinajstić information content (AvgIpc) is 2.89. The molecule has 1 aromatic carbocycles. The minimum absolute atomic E-state index is 0.0536. The Hall–Kier alpha value is -2.69. The first kappa shape index (κ1) is 25.0. The van der Waals surface area contributed by atoms with E-state index >= 15 is 0 Å². The van der Waals surface area contributed by atoms with Crippen molar-refractivity contribution in [3.8, 4) is 0 Å². The smallest absolute Gasteiger partial charge is 0.249 e. The highest BCUT2D eigenvalue weighted by molar-refractivity contribution is 7.92. The number of hydrogen-bond acceptors (Lipinski definition) is 8. The van der Waals surface area contributed by atoms with Crippen molar-refractivity contribution in [1.29, 1.82) is 0 Å². The van der Waals surface area contributed by atoms with Gasteiger partial charge in [-0.2, -0.15) is 0 Å². The number of likely N-dealkylation sites (tertiary alicyclic amines) is 1. The molecule has 2 fully saturated rings. The number of nitrogens with one attached hydrogen (secondary N) is 1. The third-order valence-electron chi connectivity index (χ3n) is 7.71. The second-order valence-electron chi connectivity index (χ2n) is 10.1. The van der Waals surface area contributed by atoms with Crippen molar-refractivity contribution >= 4 is 38.8 Å². The number of fused-ring (bicyclic) bond motifs is 1. The van der Waals surface area contributed by atoms with E-state index in [1.807, 2.05) is 26.1 Å². The lowest BCUT2D eigenvalue weighted by Crippen LogP contribution is -2.56. The van der Waals surface area contributed by atoms with E-state index in [-0.39, 0.29) is 23.2 Å². The molecule has 0 unspecified atom stereocenters. The Labute approximate surface area is 213 Å². The lowest BCUT2D eigenvalue weighted by atomic mass is 10.0. The number of amides is 1. The predicted molar refractivity (Wildman–Crippen MR) is 141 cm³/mol. The number of aromatic nitrogens is 1. The van der Waals surface area contributed by atoms with Crippen LogP contribution in [0.15, 0.2) is 41.3 Å². The van der Waals surface area contributed by atoms with Crippen LogP contribution in [0.2, 0.25) is 0 Å². The van der Waals surface area contributed by atoms with Crippen LogP contribution in [-0.2, 0) is 19.4 Å². The van der Waals surface area contributed by atoms with Crippen molar-refractivity contribution in [3.05, 3.63) is 36.4 Å². The first-order chi connectivity index (χ1) is 17.3. The fourth-order valence-electron chi connectivity index (χ4n) is 5.48. The van der Waals surface area contributed by atoms with Crippen molar-refractivity contribution in [1.82, 2.24) is 9.88 Å². The number of hydrogen-bond donors (Lipinski definition) is 1. The maximum Gasteiger partial charge on any atom is 0.249 e. The molecule has 3 aliphatic heterocycles. The summed E-state index contributed by atoms with van der Waals surface area (Å²) in [5.41, 5.74) is 1.55. The molecular formula is C26H35N5O4S. The SMILES string of the molecule is C[C@@H]1C(=O)N(C)c2ccc(Nc3ccc(S(=O)(=O)C4CCN(C)CC4)cc3)nc2N1C1CCOCC1. The maximum absolute atomic E-state index is 13.1. The number of likely N-dealkylation sites (N-methyl/N-ethyl adjacent to an activating group) is 1. The second kappa shape index (κ2) is 9.99. The molecule has 1 atom stereocenters. The molecule has 4 heterocycles. The van der Waals surface area contributed by atoms with Crippen LogP contribution in [0, 0.1) is 0 Å². The fourth-order valence-corrected chi connectivity index (χ4v) is 7.21. The third kappa shape index (κ3) is 4.69. The zero-order valence-electron chi connectivity index (χ0n) is 21.2. The molecule has 5 rings (SSSR count). The Morgan fingerprint density at radius 2 is 1.64 bits per heavy atom. The molecule has 3 aliphatic rings. The molecule has 1 N–H and O–H groups in total. The third-order valence-corrected chi connectivity index (χ3v) is 9.99. The zero-order valence-corrected chi connectivity index (χ0v) is 22.0. The average molecular weight is 514 g/mol. The van der Waals surface area contributed by atoms with Crippen molar-refractivity contribution in [2.45, 2.75) is 54.8 Å². The molecule has 0 aliphatic carbocycles. The number of piperidine rings is 1. The summed E-state index contributed by atoms with van der Waals surface area (Å²) in [6.45, 7) is 4.90. The van der Waals surface area contributed by atoms with Crippen LogP contribution >= 0.6 is 0 Å². The summed E-state index contributed by atoms with van der Waals surface area (Å²) in [5.74, 6) is 1.48. The minimum atomic E-state index is -3.35. The molecule has 0 saturated carbocycles. The van der Waals surface area contributed by atoms with E-state index in [0.29, 0.717) is 36.8 Å². The molecule has 194 valence electrons. The summed E-state index contributed by atoms with van der Waals surface area (Å²) in [6, 6.07) is 10.6. The van der Waals surface area contributed by atoms with Gasteiger partial charge in [0.25, 0.3) is 0 Å². The zero-order chi connectivity index (χ0) is 25.4. The number of benzene rings is 1. The van der Waals surface area contributed by atoms with Crippen LogP contribution in [0.5, 0.6) is 0 Å². The standard InChI is InChI=1S/C26H35N5O4S/c1-18-26(32)30(3)23-8-9-24(28-25(23)31(18)20-12-16-35-17-13-20)27-19-4-6-21(7-5-19)36(33,34)22-10-14-29(2)15-11-22/h4-9,18,20,22H,10-17H2,1-3H3,(H,27,28)/t18-/m1/s1. The predicted octanol–water partition coefficient (Wildman–Crippen LogP) is 3.04. The Balaban J connectivity index is 1.37. The Morgan fingerprint density at radius 3 is 2.31 bits per heavy atom. The summed E-state index contributed by atoms with van der Waals surface area (Å²) < 4.78 is 31.7. The van der Waals surface area contributed by atoms with Gasteiger partial charge in [-0.1, -0.05) is 0 Å². The number of anilines is 4. The van der Waals surface area contributed by atoms with Crippen LogP contribution in [-0.4, -0.2) is 81.9 Å². The lowest BCUT2D eigenvalue weighted by Gasteiger charge is -2.44. The molecular weight excluding hydrogens is 478 g/mol. The van der Waals surface area contributed by atoms with Crippen molar-refractivity contribution in [2.24, 2.45) is 0 Å². The topological polar surface area (TPSA) is 95.1 Å². The molecule has 36 heavy (non-hydrogen) atoms. The van der Waals surface area contributed by atoms with Crippen molar-refractivity contribution < 1.29 is 17.9 Å². The quantitative estimate of drug-likeness (QED) is 0.652. The number of nitrogens with zero attached hydrogens (tertiary/aromatic N) is 4. The van der Waals surface area contributed by atoms with Gasteiger partial charge in [-0.15, -0.1) is 0 Å². The van der Waals surface area contributed by atoms with Gasteiger partial charge in [-0.3, -0.25) is 4.79 Å². The summed E-state index contributed by atoms with van der Waals surface area (Å²) in [6.07, 6.45) is 3.04. The van der Waals surface area contributed by atoms with Crippen LogP contribution in [0.4, 0.5) is 23.0 Å². The number of carbonyl (C=O) groups is 1. The summed E-state index contributed by atoms with van der Waals surface area (Å²) in [7, 11) is 0.465. The highest BCUT2D eigenvalue weighted by atomic mass is 32.2.